The van der Waals surface area contributed by atoms with Gasteiger partial charge >= 0.3 is 0 Å². The molecule has 0 fully saturated rings. The van der Waals surface area contributed by atoms with E-state index in [4.69, 9.17) is 10.5 Å². The molecule has 7 nitrogen and oxygen atoms in total. The summed E-state index contributed by atoms with van der Waals surface area (Å²) in [6.45, 7) is 4.26. The summed E-state index contributed by atoms with van der Waals surface area (Å²) in [5.41, 5.74) is 6.25. The topological polar surface area (TPSA) is 102 Å². The van der Waals surface area contributed by atoms with Gasteiger partial charge in [0.2, 0.25) is 5.95 Å². The zero-order valence-electron chi connectivity index (χ0n) is 10.4. The number of ether oxygens (including phenoxy) is 1. The number of nitrogens with one attached hydrogen (secondary N) is 2. The van der Waals surface area contributed by atoms with Gasteiger partial charge in [0.15, 0.2) is 5.65 Å². The van der Waals surface area contributed by atoms with Crippen LogP contribution in [0.25, 0.3) is 11.0 Å². The quantitative estimate of drug-likeness (QED) is 0.637. The first-order valence-corrected chi connectivity index (χ1v) is 6.09. The van der Waals surface area contributed by atoms with Crippen molar-refractivity contribution in [2.75, 3.05) is 30.8 Å². The minimum Gasteiger partial charge on any atom is -0.380 e. The Labute approximate surface area is 105 Å². The molecule has 0 aliphatic carbocycles. The third-order valence-corrected chi connectivity index (χ3v) is 2.51. The van der Waals surface area contributed by atoms with Crippen molar-refractivity contribution in [3.05, 3.63) is 6.20 Å². The first kappa shape index (κ1) is 12.6. The lowest BCUT2D eigenvalue weighted by Gasteiger charge is -2.07. The van der Waals surface area contributed by atoms with Crippen LogP contribution in [0.3, 0.4) is 0 Å². The lowest BCUT2D eigenvalue weighted by Crippen LogP contribution is -2.12. The van der Waals surface area contributed by atoms with Crippen LogP contribution >= 0.6 is 0 Å². The van der Waals surface area contributed by atoms with Crippen LogP contribution in [0.4, 0.5) is 11.8 Å². The third kappa shape index (κ3) is 3.07. The maximum atomic E-state index is 5.61. The molecular weight excluding hydrogens is 232 g/mol. The van der Waals surface area contributed by atoms with Crippen molar-refractivity contribution in [1.82, 2.24) is 20.2 Å². The van der Waals surface area contributed by atoms with Crippen LogP contribution in [0.5, 0.6) is 0 Å². The van der Waals surface area contributed by atoms with Gasteiger partial charge in [-0.05, 0) is 6.42 Å². The summed E-state index contributed by atoms with van der Waals surface area (Å²) in [5.74, 6) is 0.909. The Balaban J connectivity index is 1.89. The van der Waals surface area contributed by atoms with Crippen molar-refractivity contribution < 1.29 is 4.74 Å². The molecule has 0 aliphatic rings. The van der Waals surface area contributed by atoms with E-state index in [-0.39, 0.29) is 5.95 Å². The van der Waals surface area contributed by atoms with Crippen molar-refractivity contribution in [3.63, 3.8) is 0 Å². The molecule has 0 spiro atoms. The molecule has 0 aromatic carbocycles. The van der Waals surface area contributed by atoms with Crippen molar-refractivity contribution in [3.8, 4) is 0 Å². The Morgan fingerprint density at radius 1 is 1.39 bits per heavy atom. The highest BCUT2D eigenvalue weighted by Crippen LogP contribution is 2.18. The predicted molar refractivity (Wildman–Crippen MR) is 70.3 cm³/mol. The van der Waals surface area contributed by atoms with Crippen molar-refractivity contribution >= 4 is 22.8 Å². The lowest BCUT2D eigenvalue weighted by molar-refractivity contribution is 0.141. The summed E-state index contributed by atoms with van der Waals surface area (Å²) >= 11 is 0. The number of nitrogen functional groups attached to an aromatic ring is 1. The Bertz CT molecular complexity index is 497. The SMILES string of the molecule is CCCCOCCNc1nc(N)nc2[nH]ncc12. The predicted octanol–water partition coefficient (Wildman–Crippen LogP) is 1.16. The van der Waals surface area contributed by atoms with Crippen molar-refractivity contribution in [2.24, 2.45) is 0 Å². The highest BCUT2D eigenvalue weighted by molar-refractivity contribution is 5.86. The van der Waals surface area contributed by atoms with Crippen LogP contribution in [0.15, 0.2) is 6.20 Å². The van der Waals surface area contributed by atoms with Crippen molar-refractivity contribution in [1.29, 1.82) is 0 Å². The van der Waals surface area contributed by atoms with E-state index in [1.807, 2.05) is 0 Å². The Morgan fingerprint density at radius 3 is 3.11 bits per heavy atom. The molecule has 0 unspecified atom stereocenters. The van der Waals surface area contributed by atoms with Crippen LogP contribution in [0.2, 0.25) is 0 Å². The van der Waals surface area contributed by atoms with E-state index in [9.17, 15) is 0 Å². The fourth-order valence-electron chi connectivity index (χ4n) is 1.58. The summed E-state index contributed by atoms with van der Waals surface area (Å²) < 4.78 is 5.46. The monoisotopic (exact) mass is 250 g/mol. The Kier molecular flexibility index (Phi) is 4.30. The molecule has 2 rings (SSSR count). The standard InChI is InChI=1S/C11H18N6O/c1-2-3-5-18-6-4-13-9-8-7-14-17-10(8)16-11(12)15-9/h7H,2-6H2,1H3,(H4,12,13,14,15,16,17). The van der Waals surface area contributed by atoms with E-state index in [0.717, 1.165) is 24.8 Å². The van der Waals surface area contributed by atoms with Crippen LogP contribution in [0, 0.1) is 0 Å². The fourth-order valence-corrected chi connectivity index (χ4v) is 1.58. The van der Waals surface area contributed by atoms with Gasteiger partial charge in [0.05, 0.1) is 18.2 Å². The summed E-state index contributed by atoms with van der Waals surface area (Å²) in [4.78, 5) is 8.19. The number of rotatable bonds is 7. The maximum absolute atomic E-state index is 5.61. The van der Waals surface area contributed by atoms with Gasteiger partial charge < -0.3 is 15.8 Å². The average molecular weight is 250 g/mol. The number of aromatic nitrogens is 4. The lowest BCUT2D eigenvalue weighted by atomic mass is 10.4. The number of nitrogens with two attached hydrogens (primary N) is 1. The first-order chi connectivity index (χ1) is 8.81. The zero-order chi connectivity index (χ0) is 12.8. The van der Waals surface area contributed by atoms with E-state index >= 15 is 0 Å². The van der Waals surface area contributed by atoms with E-state index in [1.165, 1.54) is 0 Å². The van der Waals surface area contributed by atoms with E-state index in [2.05, 4.69) is 32.4 Å². The molecular formula is C11H18N6O. The second-order valence-electron chi connectivity index (χ2n) is 3.96. The summed E-state index contributed by atoms with van der Waals surface area (Å²) in [7, 11) is 0. The molecule has 2 aromatic rings. The van der Waals surface area contributed by atoms with Crippen LogP contribution in [0.1, 0.15) is 19.8 Å². The van der Waals surface area contributed by atoms with E-state index in [0.29, 0.717) is 24.6 Å². The number of fused-ring (bicyclic) bond motifs is 1. The largest absolute Gasteiger partial charge is 0.380 e. The smallest absolute Gasteiger partial charge is 0.224 e. The zero-order valence-corrected chi connectivity index (χ0v) is 10.4. The normalized spacial score (nSPS) is 10.9. The van der Waals surface area contributed by atoms with E-state index in [1.54, 1.807) is 6.20 Å². The number of hydrogen-bond acceptors (Lipinski definition) is 6. The second-order valence-corrected chi connectivity index (χ2v) is 3.96. The first-order valence-electron chi connectivity index (χ1n) is 6.09. The van der Waals surface area contributed by atoms with Gasteiger partial charge in [-0.25, -0.2) is 0 Å². The number of hydrogen-bond donors (Lipinski definition) is 3. The molecule has 0 atom stereocenters. The van der Waals surface area contributed by atoms with Crippen LogP contribution in [-0.4, -0.2) is 39.9 Å². The Hall–Kier alpha value is -1.89. The Morgan fingerprint density at radius 2 is 2.28 bits per heavy atom. The molecule has 18 heavy (non-hydrogen) atoms. The number of aromatic amines is 1. The summed E-state index contributed by atoms with van der Waals surface area (Å²) in [5, 5.41) is 10.7. The average Bonchev–Trinajstić information content (AvgIpc) is 2.81. The van der Waals surface area contributed by atoms with Crippen LogP contribution < -0.4 is 11.1 Å². The maximum Gasteiger partial charge on any atom is 0.224 e. The summed E-state index contributed by atoms with van der Waals surface area (Å²) in [6.07, 6.45) is 3.91. The minimum atomic E-state index is 0.223. The molecule has 0 bridgehead atoms. The molecule has 2 aromatic heterocycles. The van der Waals surface area contributed by atoms with Gasteiger partial charge in [-0.3, -0.25) is 5.10 Å². The number of nitrogens with zero attached hydrogens (tertiary/aromatic N) is 3. The summed E-state index contributed by atoms with van der Waals surface area (Å²) in [6, 6.07) is 0. The highest BCUT2D eigenvalue weighted by Gasteiger charge is 2.06. The van der Waals surface area contributed by atoms with Gasteiger partial charge in [-0.15, -0.1) is 0 Å². The molecule has 98 valence electrons. The molecule has 0 saturated heterocycles. The molecule has 2 heterocycles. The highest BCUT2D eigenvalue weighted by atomic mass is 16.5. The molecule has 7 heteroatoms. The molecule has 0 amide bonds. The molecule has 0 aliphatic heterocycles. The molecule has 0 radical (unpaired) electrons. The molecule has 0 saturated carbocycles. The fraction of sp³-hybridized carbons (Fsp3) is 0.545. The number of unbranched alkanes of at least 4 members (excludes halogenated alkanes) is 1. The van der Waals surface area contributed by atoms with Gasteiger partial charge in [0.1, 0.15) is 5.82 Å². The van der Waals surface area contributed by atoms with E-state index < -0.39 is 0 Å². The minimum absolute atomic E-state index is 0.223. The van der Waals surface area contributed by atoms with Gasteiger partial charge in [0.25, 0.3) is 0 Å². The number of H-pyrrole nitrogens is 1. The second kappa shape index (κ2) is 6.15. The van der Waals surface area contributed by atoms with Crippen LogP contribution in [-0.2, 0) is 4.74 Å². The number of anilines is 2. The van der Waals surface area contributed by atoms with Gasteiger partial charge in [-0.1, -0.05) is 13.3 Å². The van der Waals surface area contributed by atoms with Crippen molar-refractivity contribution in [2.45, 2.75) is 19.8 Å². The third-order valence-electron chi connectivity index (χ3n) is 2.51. The molecule has 4 N–H and O–H groups in total. The van der Waals surface area contributed by atoms with Gasteiger partial charge in [-0.2, -0.15) is 15.1 Å². The van der Waals surface area contributed by atoms with Gasteiger partial charge in [0, 0.05) is 13.2 Å².